The van der Waals surface area contributed by atoms with Gasteiger partial charge in [0.25, 0.3) is 0 Å². The number of rotatable bonds is 8. The summed E-state index contributed by atoms with van der Waals surface area (Å²) in [6.45, 7) is 5.70. The lowest BCUT2D eigenvalue weighted by Gasteiger charge is -2.21. The van der Waals surface area contributed by atoms with Gasteiger partial charge in [0.05, 0.1) is 4.92 Å². The van der Waals surface area contributed by atoms with Crippen molar-refractivity contribution in [3.63, 3.8) is 0 Å². The topological polar surface area (TPSA) is 138 Å². The van der Waals surface area contributed by atoms with Crippen molar-refractivity contribution in [2.24, 2.45) is 5.73 Å². The van der Waals surface area contributed by atoms with Crippen LogP contribution in [0.25, 0.3) is 5.65 Å². The maximum Gasteiger partial charge on any atom is 0.333 e. The van der Waals surface area contributed by atoms with E-state index in [2.05, 4.69) is 15.4 Å². The Morgan fingerprint density at radius 1 is 1.52 bits per heavy atom. The van der Waals surface area contributed by atoms with Crippen LogP contribution in [0.4, 0.5) is 11.5 Å². The summed E-state index contributed by atoms with van der Waals surface area (Å²) in [5, 5.41) is 19.0. The molecule has 27 heavy (non-hydrogen) atoms. The largest absolute Gasteiger partial charge is 0.460 e. The Balaban J connectivity index is 2.16. The first-order chi connectivity index (χ1) is 12.6. The van der Waals surface area contributed by atoms with Gasteiger partial charge in [-0.1, -0.05) is 0 Å². The average molecular weight is 396 g/mol. The zero-order chi connectivity index (χ0) is 20.2. The third-order valence-electron chi connectivity index (χ3n) is 3.58. The lowest BCUT2D eigenvalue weighted by atomic mass is 10.1. The van der Waals surface area contributed by atoms with E-state index in [1.54, 1.807) is 6.07 Å². The molecule has 2 heterocycles. The number of carbonyl (C=O) groups is 1. The molecule has 2 aromatic heterocycles. The fraction of sp³-hybridized carbons (Fsp3) is 0.562. The van der Waals surface area contributed by atoms with Gasteiger partial charge in [-0.15, -0.1) is 11.8 Å². The zero-order valence-electron chi connectivity index (χ0n) is 15.8. The summed E-state index contributed by atoms with van der Waals surface area (Å²) in [4.78, 5) is 26.8. The Kier molecular flexibility index (Phi) is 6.60. The predicted molar refractivity (Wildman–Crippen MR) is 103 cm³/mol. The molecule has 0 radical (unpaired) electrons. The number of aromatic nitrogens is 3. The van der Waals surface area contributed by atoms with Gasteiger partial charge in [-0.25, -0.2) is 9.50 Å². The van der Waals surface area contributed by atoms with Gasteiger partial charge in [-0.05, 0) is 33.4 Å². The number of nitrogens with zero attached hydrogens (tertiary/aromatic N) is 4. The van der Waals surface area contributed by atoms with E-state index in [1.807, 2.05) is 27.0 Å². The highest BCUT2D eigenvalue weighted by Crippen LogP contribution is 2.26. The molecule has 148 valence electrons. The Morgan fingerprint density at radius 3 is 2.78 bits per heavy atom. The molecule has 0 saturated heterocycles. The molecule has 1 atom stereocenters. The van der Waals surface area contributed by atoms with Crippen LogP contribution < -0.4 is 11.1 Å². The number of hydrogen-bond acceptors (Lipinski definition) is 9. The molecule has 0 bridgehead atoms. The Bertz CT molecular complexity index is 832. The molecule has 0 unspecified atom stereocenters. The molecule has 2 aromatic rings. The summed E-state index contributed by atoms with van der Waals surface area (Å²) in [6.07, 6.45) is 3.68. The summed E-state index contributed by atoms with van der Waals surface area (Å²) in [6, 6.07) is 1.51. The van der Waals surface area contributed by atoms with Crippen molar-refractivity contribution in [1.29, 1.82) is 0 Å². The second-order valence-corrected chi connectivity index (χ2v) is 7.73. The highest BCUT2D eigenvalue weighted by atomic mass is 32.2. The molecule has 0 aromatic carbocycles. The van der Waals surface area contributed by atoms with Gasteiger partial charge in [0.1, 0.15) is 22.6 Å². The van der Waals surface area contributed by atoms with Gasteiger partial charge >= 0.3 is 11.7 Å². The van der Waals surface area contributed by atoms with E-state index < -0.39 is 10.5 Å². The summed E-state index contributed by atoms with van der Waals surface area (Å²) < 4.78 is 6.72. The number of hydrogen-bond donors (Lipinski definition) is 2. The minimum Gasteiger partial charge on any atom is -0.460 e. The molecule has 0 saturated carbocycles. The lowest BCUT2D eigenvalue weighted by molar-refractivity contribution is -0.383. The lowest BCUT2D eigenvalue weighted by Crippen LogP contribution is -2.31. The minimum absolute atomic E-state index is 0.150. The van der Waals surface area contributed by atoms with Gasteiger partial charge < -0.3 is 15.8 Å². The molecule has 0 spiro atoms. The van der Waals surface area contributed by atoms with Crippen LogP contribution in [0.3, 0.4) is 0 Å². The van der Waals surface area contributed by atoms with Crippen LogP contribution in [0.1, 0.15) is 33.6 Å². The first kappa shape index (κ1) is 20.9. The van der Waals surface area contributed by atoms with Crippen LogP contribution in [0.5, 0.6) is 0 Å². The second-order valence-electron chi connectivity index (χ2n) is 6.91. The van der Waals surface area contributed by atoms with Crippen LogP contribution >= 0.6 is 11.8 Å². The van der Waals surface area contributed by atoms with Gasteiger partial charge in [-0.3, -0.25) is 14.9 Å². The number of nitro groups is 1. The molecule has 3 N–H and O–H groups in total. The van der Waals surface area contributed by atoms with Crippen LogP contribution in [-0.2, 0) is 9.53 Å². The molecule has 2 rings (SSSR count). The molecule has 0 aliphatic rings. The molecule has 10 nitrogen and oxygen atoms in total. The summed E-state index contributed by atoms with van der Waals surface area (Å²) in [7, 11) is 0. The smallest absolute Gasteiger partial charge is 0.333 e. The molecule has 11 heteroatoms. The van der Waals surface area contributed by atoms with Crippen molar-refractivity contribution in [2.45, 2.75) is 50.3 Å². The number of ether oxygens (including phenoxy) is 1. The van der Waals surface area contributed by atoms with Gasteiger partial charge in [0, 0.05) is 25.1 Å². The number of nitrogens with two attached hydrogens (primary N) is 1. The molecule has 0 amide bonds. The van der Waals surface area contributed by atoms with E-state index in [4.69, 9.17) is 10.5 Å². The van der Waals surface area contributed by atoms with E-state index >= 15 is 0 Å². The SMILES string of the molecule is CSc1cc(N[C@H](CN)CCC(=O)OC(C)(C)C)nc2c([N+](=O)[O-])cnn12. The summed E-state index contributed by atoms with van der Waals surface area (Å²) in [5.74, 6) is 0.137. The van der Waals surface area contributed by atoms with Crippen LogP contribution in [0, 0.1) is 10.1 Å². The van der Waals surface area contributed by atoms with Gasteiger partial charge in [-0.2, -0.15) is 5.10 Å². The third-order valence-corrected chi connectivity index (χ3v) is 4.29. The van der Waals surface area contributed by atoms with E-state index in [0.717, 1.165) is 0 Å². The highest BCUT2D eigenvalue weighted by Gasteiger charge is 2.21. The van der Waals surface area contributed by atoms with E-state index in [9.17, 15) is 14.9 Å². The Morgan fingerprint density at radius 2 is 2.22 bits per heavy atom. The molecule has 0 fully saturated rings. The standard InChI is InChI=1S/C16H24N6O4S/c1-16(2,3)26-14(23)6-5-10(8-17)19-12-7-13(27-4)21-15(20-12)11(9-18-21)22(24)25/h7,9-10H,5-6,8,17H2,1-4H3,(H,19,20)/t10-/m0/s1. The number of carbonyl (C=O) groups excluding carboxylic acids is 1. The third kappa shape index (κ3) is 5.54. The number of anilines is 1. The number of nitrogens with one attached hydrogen (secondary N) is 1. The van der Waals surface area contributed by atoms with Gasteiger partial charge in [0.15, 0.2) is 0 Å². The van der Waals surface area contributed by atoms with Crippen molar-refractivity contribution < 1.29 is 14.5 Å². The van der Waals surface area contributed by atoms with Crippen molar-refractivity contribution in [2.75, 3.05) is 18.1 Å². The van der Waals surface area contributed by atoms with Crippen LogP contribution in [0.2, 0.25) is 0 Å². The fourth-order valence-corrected chi connectivity index (χ4v) is 2.95. The highest BCUT2D eigenvalue weighted by molar-refractivity contribution is 7.98. The Labute approximate surface area is 161 Å². The number of fused-ring (bicyclic) bond motifs is 1. The summed E-state index contributed by atoms with van der Waals surface area (Å²) >= 11 is 1.39. The van der Waals surface area contributed by atoms with Crippen molar-refractivity contribution >= 4 is 34.9 Å². The molecule has 0 aliphatic heterocycles. The molecule has 0 aliphatic carbocycles. The van der Waals surface area contributed by atoms with E-state index in [0.29, 0.717) is 17.3 Å². The quantitative estimate of drug-likeness (QED) is 0.226. The predicted octanol–water partition coefficient (Wildman–Crippen LogP) is 2.22. The van der Waals surface area contributed by atoms with E-state index in [1.165, 1.54) is 22.5 Å². The number of thioether (sulfide) groups is 1. The molecular formula is C16H24N6O4S. The van der Waals surface area contributed by atoms with E-state index in [-0.39, 0.29) is 36.3 Å². The van der Waals surface area contributed by atoms with Crippen LogP contribution in [0.15, 0.2) is 17.3 Å². The number of esters is 1. The first-order valence-electron chi connectivity index (χ1n) is 8.40. The minimum atomic E-state index is -0.538. The van der Waals surface area contributed by atoms with Crippen LogP contribution in [-0.4, -0.2) is 49.9 Å². The van der Waals surface area contributed by atoms with Crippen molar-refractivity contribution in [1.82, 2.24) is 14.6 Å². The summed E-state index contributed by atoms with van der Waals surface area (Å²) in [5.41, 5.74) is 5.24. The maximum absolute atomic E-state index is 11.9. The molecular weight excluding hydrogens is 372 g/mol. The average Bonchev–Trinajstić information content (AvgIpc) is 3.00. The first-order valence-corrected chi connectivity index (χ1v) is 9.62. The van der Waals surface area contributed by atoms with Crippen molar-refractivity contribution in [3.8, 4) is 0 Å². The maximum atomic E-state index is 11.9. The van der Waals surface area contributed by atoms with Crippen molar-refractivity contribution in [3.05, 3.63) is 22.4 Å². The second kappa shape index (κ2) is 8.53. The monoisotopic (exact) mass is 396 g/mol. The normalized spacial score (nSPS) is 12.8. The Hall–Kier alpha value is -2.40. The fourth-order valence-electron chi connectivity index (χ4n) is 2.41. The van der Waals surface area contributed by atoms with Gasteiger partial charge in [0.2, 0.25) is 5.65 Å². The zero-order valence-corrected chi connectivity index (χ0v) is 16.6.